The Bertz CT molecular complexity index is 466. The number of hydrogen-bond acceptors (Lipinski definition) is 4. The predicted octanol–water partition coefficient (Wildman–Crippen LogP) is 0.736. The van der Waals surface area contributed by atoms with Gasteiger partial charge in [0.2, 0.25) is 5.91 Å². The Hall–Kier alpha value is -1.40. The molecule has 19 heavy (non-hydrogen) atoms. The third-order valence-electron chi connectivity index (χ3n) is 3.39. The van der Waals surface area contributed by atoms with Gasteiger partial charge in [-0.15, -0.1) is 11.3 Å². The standard InChI is InChI=1S/C13H19N3O2S/c1-9-4-7-19-12(9)13(18)16(8-11(14)17)10-2-5-15-6-3-10/h4,7,10,15H,2-3,5-6,8H2,1H3,(H2,14,17). The van der Waals surface area contributed by atoms with E-state index in [1.807, 2.05) is 18.4 Å². The highest BCUT2D eigenvalue weighted by atomic mass is 32.1. The van der Waals surface area contributed by atoms with Crippen LogP contribution in [0.25, 0.3) is 0 Å². The van der Waals surface area contributed by atoms with E-state index in [2.05, 4.69) is 5.32 Å². The molecular weight excluding hydrogens is 262 g/mol. The first-order valence-electron chi connectivity index (χ1n) is 6.43. The van der Waals surface area contributed by atoms with Crippen molar-refractivity contribution in [2.24, 2.45) is 5.73 Å². The normalized spacial score (nSPS) is 16.3. The second-order valence-corrected chi connectivity index (χ2v) is 5.73. The van der Waals surface area contributed by atoms with Crippen LogP contribution in [0, 0.1) is 6.92 Å². The fourth-order valence-electron chi connectivity index (χ4n) is 2.38. The van der Waals surface area contributed by atoms with Crippen molar-refractivity contribution in [1.29, 1.82) is 0 Å². The van der Waals surface area contributed by atoms with Gasteiger partial charge in [0.25, 0.3) is 5.91 Å². The molecule has 0 bridgehead atoms. The number of nitrogens with one attached hydrogen (secondary N) is 1. The summed E-state index contributed by atoms with van der Waals surface area (Å²) in [6.45, 7) is 3.66. The number of thiophene rings is 1. The number of carbonyl (C=O) groups excluding carboxylic acids is 2. The van der Waals surface area contributed by atoms with Gasteiger partial charge in [-0.05, 0) is 49.9 Å². The minimum absolute atomic E-state index is 0.000833. The number of rotatable bonds is 4. The number of aryl methyl sites for hydroxylation is 1. The molecule has 3 N–H and O–H groups in total. The summed E-state index contributed by atoms with van der Waals surface area (Å²) >= 11 is 1.42. The highest BCUT2D eigenvalue weighted by Crippen LogP contribution is 2.21. The first-order valence-corrected chi connectivity index (χ1v) is 7.31. The van der Waals surface area contributed by atoms with Crippen LogP contribution in [0.5, 0.6) is 0 Å². The zero-order chi connectivity index (χ0) is 13.8. The van der Waals surface area contributed by atoms with E-state index in [9.17, 15) is 9.59 Å². The molecule has 0 saturated carbocycles. The lowest BCUT2D eigenvalue weighted by molar-refractivity contribution is -0.119. The number of amides is 2. The van der Waals surface area contributed by atoms with Crippen LogP contribution in [-0.2, 0) is 4.79 Å². The van der Waals surface area contributed by atoms with Crippen LogP contribution in [0.4, 0.5) is 0 Å². The van der Waals surface area contributed by atoms with Gasteiger partial charge in [0.1, 0.15) is 0 Å². The molecule has 0 spiro atoms. The van der Waals surface area contributed by atoms with Crippen molar-refractivity contribution in [2.45, 2.75) is 25.8 Å². The molecule has 0 aliphatic carbocycles. The molecule has 2 amide bonds. The van der Waals surface area contributed by atoms with Crippen molar-refractivity contribution in [3.05, 3.63) is 21.9 Å². The number of carbonyl (C=O) groups is 2. The van der Waals surface area contributed by atoms with E-state index in [4.69, 9.17) is 5.73 Å². The van der Waals surface area contributed by atoms with Crippen LogP contribution in [-0.4, -0.2) is 42.4 Å². The Morgan fingerprint density at radius 3 is 2.68 bits per heavy atom. The topological polar surface area (TPSA) is 75.4 Å². The minimum Gasteiger partial charge on any atom is -0.368 e. The van der Waals surface area contributed by atoms with Gasteiger partial charge in [-0.3, -0.25) is 9.59 Å². The minimum atomic E-state index is -0.457. The van der Waals surface area contributed by atoms with E-state index in [1.165, 1.54) is 11.3 Å². The largest absolute Gasteiger partial charge is 0.368 e. The molecular formula is C13H19N3O2S. The Labute approximate surface area is 116 Å². The number of primary amides is 1. The number of nitrogens with two attached hydrogens (primary N) is 1. The lowest BCUT2D eigenvalue weighted by atomic mass is 10.0. The quantitative estimate of drug-likeness (QED) is 0.854. The smallest absolute Gasteiger partial charge is 0.264 e. The van der Waals surface area contributed by atoms with Gasteiger partial charge in [0.15, 0.2) is 0 Å². The van der Waals surface area contributed by atoms with Gasteiger partial charge in [-0.2, -0.15) is 0 Å². The Morgan fingerprint density at radius 2 is 2.16 bits per heavy atom. The Kier molecular flexibility index (Phi) is 4.55. The third kappa shape index (κ3) is 3.33. The summed E-state index contributed by atoms with van der Waals surface area (Å²) in [5, 5.41) is 5.15. The van der Waals surface area contributed by atoms with Gasteiger partial charge in [-0.1, -0.05) is 0 Å². The molecule has 0 aromatic carbocycles. The average Bonchev–Trinajstić information content (AvgIpc) is 2.82. The molecule has 0 unspecified atom stereocenters. The summed E-state index contributed by atoms with van der Waals surface area (Å²) in [6.07, 6.45) is 1.73. The molecule has 6 heteroatoms. The summed E-state index contributed by atoms with van der Waals surface area (Å²) in [4.78, 5) is 26.1. The molecule has 1 aliphatic rings. The summed E-state index contributed by atoms with van der Waals surface area (Å²) in [5.41, 5.74) is 6.24. The number of nitrogens with zero attached hydrogens (tertiary/aromatic N) is 1. The molecule has 2 heterocycles. The number of piperidine rings is 1. The number of hydrogen-bond donors (Lipinski definition) is 2. The molecule has 1 fully saturated rings. The summed E-state index contributed by atoms with van der Waals surface area (Å²) in [5.74, 6) is -0.528. The molecule has 0 atom stereocenters. The fraction of sp³-hybridized carbons (Fsp3) is 0.538. The second kappa shape index (κ2) is 6.16. The average molecular weight is 281 g/mol. The van der Waals surface area contributed by atoms with Crippen LogP contribution in [0.15, 0.2) is 11.4 Å². The van der Waals surface area contributed by atoms with E-state index in [0.29, 0.717) is 4.88 Å². The van der Waals surface area contributed by atoms with Gasteiger partial charge in [0.05, 0.1) is 11.4 Å². The molecule has 5 nitrogen and oxygen atoms in total. The monoisotopic (exact) mass is 281 g/mol. The van der Waals surface area contributed by atoms with Crippen LogP contribution in [0.1, 0.15) is 28.1 Å². The Morgan fingerprint density at radius 1 is 1.47 bits per heavy atom. The SMILES string of the molecule is Cc1ccsc1C(=O)N(CC(N)=O)C1CCNCC1. The van der Waals surface area contributed by atoms with Gasteiger partial charge >= 0.3 is 0 Å². The van der Waals surface area contributed by atoms with Crippen molar-refractivity contribution in [3.63, 3.8) is 0 Å². The summed E-state index contributed by atoms with van der Waals surface area (Å²) < 4.78 is 0. The lowest BCUT2D eigenvalue weighted by Gasteiger charge is -2.33. The zero-order valence-electron chi connectivity index (χ0n) is 11.0. The van der Waals surface area contributed by atoms with Crippen molar-refractivity contribution < 1.29 is 9.59 Å². The summed E-state index contributed by atoms with van der Waals surface area (Å²) in [7, 11) is 0. The van der Waals surface area contributed by atoms with E-state index in [1.54, 1.807) is 4.90 Å². The maximum absolute atomic E-state index is 12.6. The maximum atomic E-state index is 12.6. The van der Waals surface area contributed by atoms with Crippen molar-refractivity contribution in [1.82, 2.24) is 10.2 Å². The molecule has 1 aromatic rings. The van der Waals surface area contributed by atoms with E-state index < -0.39 is 5.91 Å². The van der Waals surface area contributed by atoms with Crippen LogP contribution < -0.4 is 11.1 Å². The molecule has 1 aliphatic heterocycles. The van der Waals surface area contributed by atoms with Crippen LogP contribution >= 0.6 is 11.3 Å². The van der Waals surface area contributed by atoms with Crippen LogP contribution in [0.2, 0.25) is 0 Å². The molecule has 1 aromatic heterocycles. The second-order valence-electron chi connectivity index (χ2n) is 4.81. The van der Waals surface area contributed by atoms with Crippen molar-refractivity contribution in [3.8, 4) is 0 Å². The van der Waals surface area contributed by atoms with E-state index in [0.717, 1.165) is 31.5 Å². The van der Waals surface area contributed by atoms with Gasteiger partial charge in [-0.25, -0.2) is 0 Å². The van der Waals surface area contributed by atoms with E-state index >= 15 is 0 Å². The fourth-order valence-corrected chi connectivity index (χ4v) is 3.26. The highest BCUT2D eigenvalue weighted by molar-refractivity contribution is 7.12. The maximum Gasteiger partial charge on any atom is 0.264 e. The Balaban J connectivity index is 2.19. The van der Waals surface area contributed by atoms with E-state index in [-0.39, 0.29) is 18.5 Å². The van der Waals surface area contributed by atoms with Gasteiger partial charge < -0.3 is 16.0 Å². The predicted molar refractivity (Wildman–Crippen MR) is 75.2 cm³/mol. The van der Waals surface area contributed by atoms with Crippen molar-refractivity contribution in [2.75, 3.05) is 19.6 Å². The molecule has 2 rings (SSSR count). The molecule has 0 radical (unpaired) electrons. The highest BCUT2D eigenvalue weighted by Gasteiger charge is 2.28. The van der Waals surface area contributed by atoms with Gasteiger partial charge in [0, 0.05) is 6.04 Å². The van der Waals surface area contributed by atoms with Crippen molar-refractivity contribution >= 4 is 23.2 Å². The first-order chi connectivity index (χ1) is 9.09. The van der Waals surface area contributed by atoms with Crippen LogP contribution in [0.3, 0.4) is 0 Å². The third-order valence-corrected chi connectivity index (χ3v) is 4.40. The molecule has 104 valence electrons. The lowest BCUT2D eigenvalue weighted by Crippen LogP contribution is -2.49. The summed E-state index contributed by atoms with van der Waals surface area (Å²) in [6, 6.07) is 2.02. The molecule has 1 saturated heterocycles. The first kappa shape index (κ1) is 14.0. The zero-order valence-corrected chi connectivity index (χ0v) is 11.8.